The predicted octanol–water partition coefficient (Wildman–Crippen LogP) is 5.54. The van der Waals surface area contributed by atoms with Crippen molar-refractivity contribution in [3.8, 4) is 0 Å². The van der Waals surface area contributed by atoms with Gasteiger partial charge in [0, 0.05) is 36.8 Å². The number of hydrogen-bond acceptors (Lipinski definition) is 4. The Kier molecular flexibility index (Phi) is 5.84. The van der Waals surface area contributed by atoms with E-state index in [0.717, 1.165) is 48.4 Å². The monoisotopic (exact) mass is 455 g/mol. The Bertz CT molecular complexity index is 1130. The van der Waals surface area contributed by atoms with E-state index in [9.17, 15) is 4.79 Å². The lowest BCUT2D eigenvalue weighted by Crippen LogP contribution is -2.42. The highest BCUT2D eigenvalue weighted by molar-refractivity contribution is 6.30. The molecule has 1 aliphatic carbocycles. The van der Waals surface area contributed by atoms with Crippen molar-refractivity contribution >= 4 is 34.4 Å². The molecular formula is C24H30ClN5O2. The third-order valence-electron chi connectivity index (χ3n) is 7.01. The minimum absolute atomic E-state index is 0.108. The van der Waals surface area contributed by atoms with E-state index in [1.807, 2.05) is 10.9 Å². The van der Waals surface area contributed by atoms with Crippen LogP contribution >= 0.6 is 11.6 Å². The first kappa shape index (κ1) is 21.3. The number of carbonyl (C=O) groups is 1. The Morgan fingerprint density at radius 2 is 2.03 bits per heavy atom. The van der Waals surface area contributed by atoms with Crippen LogP contribution in [-0.4, -0.2) is 38.6 Å². The van der Waals surface area contributed by atoms with Crippen molar-refractivity contribution in [2.75, 3.05) is 12.0 Å². The van der Waals surface area contributed by atoms with Gasteiger partial charge in [-0.1, -0.05) is 30.9 Å². The molecule has 1 fully saturated rings. The third kappa shape index (κ3) is 3.76. The average molecular weight is 456 g/mol. The molecule has 170 valence electrons. The van der Waals surface area contributed by atoms with Gasteiger partial charge in [-0.15, -0.1) is 0 Å². The summed E-state index contributed by atoms with van der Waals surface area (Å²) in [6, 6.07) is 4.82. The van der Waals surface area contributed by atoms with E-state index in [1.54, 1.807) is 11.1 Å². The van der Waals surface area contributed by atoms with Gasteiger partial charge in [0.2, 0.25) is 0 Å². The zero-order chi connectivity index (χ0) is 22.2. The van der Waals surface area contributed by atoms with Crippen LogP contribution in [0.2, 0.25) is 5.02 Å². The number of aryl methyl sites for hydroxylation is 3. The van der Waals surface area contributed by atoms with Crippen LogP contribution in [0.25, 0.3) is 11.0 Å². The zero-order valence-corrected chi connectivity index (χ0v) is 19.5. The number of ether oxygens (including phenoxy) is 1. The Morgan fingerprint density at radius 3 is 2.75 bits per heavy atom. The fourth-order valence-electron chi connectivity index (χ4n) is 5.42. The van der Waals surface area contributed by atoms with Gasteiger partial charge in [0.05, 0.1) is 35.1 Å². The van der Waals surface area contributed by atoms with Crippen molar-refractivity contribution in [3.63, 3.8) is 0 Å². The molecule has 2 aliphatic rings. The SMILES string of the molecule is COC(=O)N1c2ccc3c(nc(CCn4cc(Cl)cn4)n3C3CCCCC3)c2CC[C@@H]1C. The zero-order valence-electron chi connectivity index (χ0n) is 18.8. The molecule has 1 amide bonds. The fourth-order valence-corrected chi connectivity index (χ4v) is 5.58. The number of benzene rings is 1. The van der Waals surface area contributed by atoms with Gasteiger partial charge in [0.15, 0.2) is 0 Å². The van der Waals surface area contributed by atoms with Crippen LogP contribution in [0.15, 0.2) is 24.5 Å². The van der Waals surface area contributed by atoms with Crippen LogP contribution < -0.4 is 4.90 Å². The third-order valence-corrected chi connectivity index (χ3v) is 7.20. The molecule has 1 saturated carbocycles. The maximum absolute atomic E-state index is 12.5. The summed E-state index contributed by atoms with van der Waals surface area (Å²) in [6.45, 7) is 2.81. The maximum atomic E-state index is 12.5. The van der Waals surface area contributed by atoms with Crippen molar-refractivity contribution in [2.24, 2.45) is 0 Å². The molecular weight excluding hydrogens is 426 g/mol. The van der Waals surface area contributed by atoms with E-state index in [-0.39, 0.29) is 12.1 Å². The van der Waals surface area contributed by atoms with Gasteiger partial charge in [0.1, 0.15) is 5.82 Å². The highest BCUT2D eigenvalue weighted by Gasteiger charge is 2.32. The number of methoxy groups -OCH3 is 1. The largest absolute Gasteiger partial charge is 0.452 e. The first-order chi connectivity index (χ1) is 15.6. The molecule has 32 heavy (non-hydrogen) atoms. The second kappa shape index (κ2) is 8.77. The number of halogens is 1. The number of hydrogen-bond donors (Lipinski definition) is 0. The lowest BCUT2D eigenvalue weighted by Gasteiger charge is -2.34. The molecule has 0 saturated heterocycles. The molecule has 7 nitrogen and oxygen atoms in total. The number of fused-ring (bicyclic) bond motifs is 3. The number of nitrogens with zero attached hydrogens (tertiary/aromatic N) is 5. The first-order valence-electron chi connectivity index (χ1n) is 11.6. The van der Waals surface area contributed by atoms with Gasteiger partial charge in [-0.05, 0) is 44.7 Å². The van der Waals surface area contributed by atoms with E-state index in [1.165, 1.54) is 44.7 Å². The Hall–Kier alpha value is -2.54. The summed E-state index contributed by atoms with van der Waals surface area (Å²) in [5, 5.41) is 4.98. The number of amides is 1. The number of anilines is 1. The minimum atomic E-state index is -0.305. The smallest absolute Gasteiger partial charge is 0.414 e. The van der Waals surface area contributed by atoms with Crippen molar-refractivity contribution in [2.45, 2.75) is 76.9 Å². The van der Waals surface area contributed by atoms with Crippen LogP contribution in [-0.2, 0) is 24.1 Å². The van der Waals surface area contributed by atoms with E-state index >= 15 is 0 Å². The van der Waals surface area contributed by atoms with Gasteiger partial charge >= 0.3 is 6.09 Å². The molecule has 8 heteroatoms. The Morgan fingerprint density at radius 1 is 1.22 bits per heavy atom. The first-order valence-corrected chi connectivity index (χ1v) is 12.0. The second-order valence-electron chi connectivity index (χ2n) is 9.02. The molecule has 0 spiro atoms. The summed E-state index contributed by atoms with van der Waals surface area (Å²) in [6.07, 6.45) is 12.0. The van der Waals surface area contributed by atoms with E-state index < -0.39 is 0 Å². The summed E-state index contributed by atoms with van der Waals surface area (Å²) >= 11 is 6.06. The van der Waals surface area contributed by atoms with E-state index in [4.69, 9.17) is 21.3 Å². The molecule has 3 aromatic rings. The summed E-state index contributed by atoms with van der Waals surface area (Å²) in [4.78, 5) is 19.5. The highest BCUT2D eigenvalue weighted by Crippen LogP contribution is 2.39. The quantitative estimate of drug-likeness (QED) is 0.518. The van der Waals surface area contributed by atoms with Crippen molar-refractivity contribution in [1.29, 1.82) is 0 Å². The van der Waals surface area contributed by atoms with Crippen LogP contribution in [0.3, 0.4) is 0 Å². The summed E-state index contributed by atoms with van der Waals surface area (Å²) < 4.78 is 9.43. The molecule has 2 aromatic heterocycles. The van der Waals surface area contributed by atoms with Crippen molar-refractivity contribution in [3.05, 3.63) is 40.9 Å². The van der Waals surface area contributed by atoms with Crippen molar-refractivity contribution in [1.82, 2.24) is 19.3 Å². The maximum Gasteiger partial charge on any atom is 0.414 e. The Balaban J connectivity index is 1.59. The lowest BCUT2D eigenvalue weighted by atomic mass is 9.94. The molecule has 5 rings (SSSR count). The molecule has 1 aromatic carbocycles. The Labute approximate surface area is 193 Å². The van der Waals surface area contributed by atoms with Crippen LogP contribution in [0, 0.1) is 0 Å². The topological polar surface area (TPSA) is 65.2 Å². The van der Waals surface area contributed by atoms with Gasteiger partial charge in [-0.3, -0.25) is 9.58 Å². The number of rotatable bonds is 4. The molecule has 0 N–H and O–H groups in total. The van der Waals surface area contributed by atoms with Crippen LogP contribution in [0.4, 0.5) is 10.5 Å². The predicted molar refractivity (Wildman–Crippen MR) is 125 cm³/mol. The molecule has 1 aliphatic heterocycles. The summed E-state index contributed by atoms with van der Waals surface area (Å²) in [5.74, 6) is 1.09. The summed E-state index contributed by atoms with van der Waals surface area (Å²) in [7, 11) is 1.44. The minimum Gasteiger partial charge on any atom is -0.452 e. The second-order valence-corrected chi connectivity index (χ2v) is 9.46. The van der Waals surface area contributed by atoms with Gasteiger partial charge in [0.25, 0.3) is 0 Å². The standard InChI is InChI=1S/C24H30ClN5O2/c1-16-8-9-19-20(29(16)24(31)32-2)10-11-21-23(19)27-22(12-13-28-15-17(25)14-26-28)30(21)18-6-4-3-5-7-18/h10-11,14-16,18H,3-9,12-13H2,1-2H3/t16-/m0/s1. The van der Waals surface area contributed by atoms with Gasteiger partial charge in [-0.2, -0.15) is 5.10 Å². The molecule has 0 unspecified atom stereocenters. The molecule has 0 bridgehead atoms. The van der Waals surface area contributed by atoms with Crippen LogP contribution in [0.1, 0.15) is 62.9 Å². The van der Waals surface area contributed by atoms with Crippen molar-refractivity contribution < 1.29 is 9.53 Å². The normalized spacial score (nSPS) is 19.3. The summed E-state index contributed by atoms with van der Waals surface area (Å²) in [5.41, 5.74) is 4.30. The van der Waals surface area contributed by atoms with Crippen LogP contribution in [0.5, 0.6) is 0 Å². The molecule has 1 atom stereocenters. The van der Waals surface area contributed by atoms with E-state index in [2.05, 4.69) is 28.7 Å². The number of carbonyl (C=O) groups excluding carboxylic acids is 1. The van der Waals surface area contributed by atoms with E-state index in [0.29, 0.717) is 11.1 Å². The number of aromatic nitrogens is 4. The number of imidazole rings is 1. The highest BCUT2D eigenvalue weighted by atomic mass is 35.5. The van der Waals surface area contributed by atoms with Gasteiger partial charge in [-0.25, -0.2) is 9.78 Å². The lowest BCUT2D eigenvalue weighted by molar-refractivity contribution is 0.175. The fraction of sp³-hybridized carbons (Fsp3) is 0.542. The molecule has 0 radical (unpaired) electrons. The average Bonchev–Trinajstić information content (AvgIpc) is 3.40. The van der Waals surface area contributed by atoms with Gasteiger partial charge < -0.3 is 9.30 Å². The molecule has 3 heterocycles.